The first kappa shape index (κ1) is 43.2. The van der Waals surface area contributed by atoms with E-state index in [4.69, 9.17) is 13.9 Å². The highest BCUT2D eigenvalue weighted by Crippen LogP contribution is 2.38. The molecule has 2 amide bonds. The maximum Gasteiger partial charge on any atom is 0.282 e. The number of hydrogen-bond donors (Lipinski definition) is 3. The van der Waals surface area contributed by atoms with Crippen molar-refractivity contribution in [3.63, 3.8) is 0 Å². The lowest BCUT2D eigenvalue weighted by Gasteiger charge is -2.42. The summed E-state index contributed by atoms with van der Waals surface area (Å²) in [5, 5.41) is 52.2. The SMILES string of the molecule is COc1cc(C(=O)N2CC[C@@H](O)C[C@H]2CO)c([N+](=O)[O-])cc1C.COc1cc(C(=O)N2CC[C@@H](O)C[C@H]2CO[Si](C)(C)C(C)(C)C)c([N+](=O)[O-])cc1C. The molecule has 4 rings (SSSR count). The molecule has 3 N–H and O–H groups in total. The second kappa shape index (κ2) is 17.8. The average molecular weight is 763 g/mol. The Kier molecular flexibility index (Phi) is 14.5. The van der Waals surface area contributed by atoms with Crippen molar-refractivity contribution < 1.29 is 48.7 Å². The smallest absolute Gasteiger partial charge is 0.282 e. The van der Waals surface area contributed by atoms with Crippen molar-refractivity contribution >= 4 is 31.5 Å². The lowest BCUT2D eigenvalue weighted by molar-refractivity contribution is -0.385. The maximum absolute atomic E-state index is 13.4. The average Bonchev–Trinajstić information content (AvgIpc) is 3.09. The molecule has 2 fully saturated rings. The van der Waals surface area contributed by atoms with E-state index in [-0.39, 0.29) is 53.2 Å². The molecule has 2 aliphatic heterocycles. The molecule has 0 saturated carbocycles. The lowest BCUT2D eigenvalue weighted by atomic mass is 9.98. The molecule has 0 radical (unpaired) electrons. The molecular formula is C36H54N4O12Si. The van der Waals surface area contributed by atoms with Crippen molar-refractivity contribution in [3.05, 3.63) is 66.7 Å². The van der Waals surface area contributed by atoms with Gasteiger partial charge in [-0.1, -0.05) is 20.8 Å². The molecule has 2 aromatic carbocycles. The fourth-order valence-corrected chi connectivity index (χ4v) is 7.23. The zero-order valence-electron chi connectivity index (χ0n) is 32.1. The van der Waals surface area contributed by atoms with Crippen LogP contribution in [0.2, 0.25) is 18.1 Å². The van der Waals surface area contributed by atoms with Gasteiger partial charge in [0.05, 0.1) is 61.6 Å². The Balaban J connectivity index is 0.000000295. The highest BCUT2D eigenvalue weighted by atomic mass is 28.4. The molecule has 2 aromatic rings. The number of nitrogens with zero attached hydrogens (tertiary/aromatic N) is 4. The Morgan fingerprint density at radius 1 is 0.811 bits per heavy atom. The second-order valence-electron chi connectivity index (χ2n) is 15.1. The van der Waals surface area contributed by atoms with Crippen LogP contribution in [0.15, 0.2) is 24.3 Å². The number of hydrogen-bond acceptors (Lipinski definition) is 12. The van der Waals surface area contributed by atoms with Crippen LogP contribution in [0.3, 0.4) is 0 Å². The molecule has 0 aromatic heterocycles. The number of likely N-dealkylation sites (tertiary alicyclic amines) is 2. The standard InChI is InChI=1S/C21H34N2O6Si.C15H20N2O6/c1-14-10-18(23(26)27)17(12-19(14)28-5)20(25)22-9-8-16(24)11-15(22)13-29-30(6,7)21(2,3)4;1-9-5-13(17(21)22)12(7-14(9)23-2)15(20)16-4-3-11(19)6-10(16)8-18/h10,12,15-16,24H,8-9,11,13H2,1-7H3;5,7,10-11,18-19H,3-4,6,8H2,1-2H3/t15-,16+;10-,11+/m00/s1. The van der Waals surface area contributed by atoms with Crippen LogP contribution in [-0.2, 0) is 4.43 Å². The van der Waals surface area contributed by atoms with Gasteiger partial charge < -0.3 is 39.0 Å². The van der Waals surface area contributed by atoms with E-state index in [1.165, 1.54) is 43.4 Å². The number of amides is 2. The van der Waals surface area contributed by atoms with Gasteiger partial charge in [-0.05, 0) is 68.8 Å². The topological polar surface area (TPSA) is 215 Å². The molecule has 4 atom stereocenters. The summed E-state index contributed by atoms with van der Waals surface area (Å²) in [6.07, 6.45) is 0.331. The number of benzene rings is 2. The first-order chi connectivity index (χ1) is 24.7. The van der Waals surface area contributed by atoms with E-state index in [9.17, 15) is 45.1 Å². The van der Waals surface area contributed by atoms with Gasteiger partial charge in [-0.25, -0.2) is 0 Å². The number of piperidine rings is 2. The van der Waals surface area contributed by atoms with Crippen LogP contribution in [-0.4, -0.2) is 120 Å². The zero-order valence-corrected chi connectivity index (χ0v) is 33.1. The Morgan fingerprint density at radius 2 is 1.21 bits per heavy atom. The van der Waals surface area contributed by atoms with E-state index in [1.54, 1.807) is 18.7 Å². The summed E-state index contributed by atoms with van der Waals surface area (Å²) in [6.45, 7) is 14.6. The van der Waals surface area contributed by atoms with Gasteiger partial charge >= 0.3 is 0 Å². The van der Waals surface area contributed by atoms with Crippen molar-refractivity contribution in [2.75, 3.05) is 40.5 Å². The monoisotopic (exact) mass is 762 g/mol. The van der Waals surface area contributed by atoms with Crippen LogP contribution >= 0.6 is 0 Å². The second-order valence-corrected chi connectivity index (χ2v) is 19.9. The fourth-order valence-electron chi connectivity index (χ4n) is 6.19. The first-order valence-electron chi connectivity index (χ1n) is 17.6. The molecule has 0 unspecified atom stereocenters. The van der Waals surface area contributed by atoms with E-state index in [0.717, 1.165) is 0 Å². The summed E-state index contributed by atoms with van der Waals surface area (Å²) in [5.41, 5.74) is 0.532. The number of rotatable bonds is 10. The van der Waals surface area contributed by atoms with Gasteiger partial charge in [-0.3, -0.25) is 29.8 Å². The largest absolute Gasteiger partial charge is 0.496 e. The number of carbonyl (C=O) groups is 2. The lowest BCUT2D eigenvalue weighted by Crippen LogP contribution is -2.52. The number of nitro groups is 2. The molecule has 294 valence electrons. The van der Waals surface area contributed by atoms with Crippen LogP contribution in [0, 0.1) is 34.1 Å². The number of methoxy groups -OCH3 is 2. The first-order valence-corrected chi connectivity index (χ1v) is 20.5. The van der Waals surface area contributed by atoms with Gasteiger partial charge in [0.15, 0.2) is 8.32 Å². The van der Waals surface area contributed by atoms with Crippen molar-refractivity contribution in [2.45, 2.75) is 103 Å². The van der Waals surface area contributed by atoms with Crippen LogP contribution in [0.5, 0.6) is 11.5 Å². The predicted molar refractivity (Wildman–Crippen MR) is 199 cm³/mol. The van der Waals surface area contributed by atoms with E-state index in [0.29, 0.717) is 55.0 Å². The Hall–Kier alpha value is -4.16. The molecule has 0 aliphatic carbocycles. The molecule has 2 saturated heterocycles. The Bertz CT molecular complexity index is 1660. The summed E-state index contributed by atoms with van der Waals surface area (Å²) < 4.78 is 16.7. The summed E-state index contributed by atoms with van der Waals surface area (Å²) in [6, 6.07) is 4.56. The number of ether oxygens (including phenoxy) is 2. The van der Waals surface area contributed by atoms with E-state index in [2.05, 4.69) is 33.9 Å². The van der Waals surface area contributed by atoms with Gasteiger partial charge in [-0.2, -0.15) is 0 Å². The minimum absolute atomic E-state index is 0.00355. The Morgan fingerprint density at radius 3 is 1.57 bits per heavy atom. The normalized spacial score (nSPS) is 20.6. The third-order valence-corrected chi connectivity index (χ3v) is 14.9. The van der Waals surface area contributed by atoms with E-state index in [1.807, 2.05) is 0 Å². The maximum atomic E-state index is 13.4. The van der Waals surface area contributed by atoms with Gasteiger partial charge in [0.25, 0.3) is 23.2 Å². The van der Waals surface area contributed by atoms with Gasteiger partial charge in [0.2, 0.25) is 0 Å². The minimum atomic E-state index is -2.05. The molecule has 0 spiro atoms. The third kappa shape index (κ3) is 10.3. The molecule has 17 heteroatoms. The van der Waals surface area contributed by atoms with Crippen molar-refractivity contribution in [3.8, 4) is 11.5 Å². The molecule has 0 bridgehead atoms. The molecule has 2 heterocycles. The van der Waals surface area contributed by atoms with Crippen LogP contribution in [0.1, 0.15) is 78.3 Å². The van der Waals surface area contributed by atoms with E-state index >= 15 is 0 Å². The number of aliphatic hydroxyl groups excluding tert-OH is 3. The summed E-state index contributed by atoms with van der Waals surface area (Å²) in [4.78, 5) is 50.8. The van der Waals surface area contributed by atoms with Crippen molar-refractivity contribution in [1.29, 1.82) is 0 Å². The Labute approximate surface area is 311 Å². The van der Waals surface area contributed by atoms with Crippen molar-refractivity contribution in [2.24, 2.45) is 0 Å². The van der Waals surface area contributed by atoms with Crippen molar-refractivity contribution in [1.82, 2.24) is 9.80 Å². The highest BCUT2D eigenvalue weighted by Gasteiger charge is 2.41. The summed E-state index contributed by atoms with van der Waals surface area (Å²) >= 11 is 0. The van der Waals surface area contributed by atoms with Gasteiger partial charge in [0, 0.05) is 37.4 Å². The quantitative estimate of drug-likeness (QED) is 0.170. The van der Waals surface area contributed by atoms with E-state index < -0.39 is 48.2 Å². The highest BCUT2D eigenvalue weighted by molar-refractivity contribution is 6.74. The fraction of sp³-hybridized carbons (Fsp3) is 0.611. The number of aliphatic hydroxyl groups is 3. The van der Waals surface area contributed by atoms with Crippen LogP contribution in [0.4, 0.5) is 11.4 Å². The molecule has 2 aliphatic rings. The number of carbonyl (C=O) groups excluding carboxylic acids is 2. The van der Waals surface area contributed by atoms with Gasteiger partial charge in [-0.15, -0.1) is 0 Å². The van der Waals surface area contributed by atoms with Gasteiger partial charge in [0.1, 0.15) is 22.6 Å². The molecule has 16 nitrogen and oxygen atoms in total. The number of nitro benzene ring substituents is 2. The number of aryl methyl sites for hydroxylation is 2. The summed E-state index contributed by atoms with van der Waals surface area (Å²) in [7, 11) is 0.841. The molecular weight excluding hydrogens is 708 g/mol. The van der Waals surface area contributed by atoms with Crippen LogP contribution in [0.25, 0.3) is 0 Å². The third-order valence-electron chi connectivity index (χ3n) is 10.4. The zero-order chi connectivity index (χ0) is 40.0. The summed E-state index contributed by atoms with van der Waals surface area (Å²) in [5.74, 6) is -0.164. The molecule has 53 heavy (non-hydrogen) atoms. The minimum Gasteiger partial charge on any atom is -0.496 e. The van der Waals surface area contributed by atoms with Crippen LogP contribution < -0.4 is 9.47 Å². The predicted octanol–water partition coefficient (Wildman–Crippen LogP) is 4.77.